The third-order valence-electron chi connectivity index (χ3n) is 4.67. The standard InChI is InChI=1S/C17H25FN2O/c1-5-11(3)12(4)20-16(19-15(6-2)17(20)21)13-8-7-9-14(18)10-13/h7-12,15-16,19H,5-6H2,1-4H3. The van der Waals surface area contributed by atoms with E-state index in [1.807, 2.05) is 17.9 Å². The molecule has 1 aromatic carbocycles. The Bertz CT molecular complexity index is 505. The normalized spacial score (nSPS) is 25.2. The van der Waals surface area contributed by atoms with Gasteiger partial charge in [-0.1, -0.05) is 39.3 Å². The average Bonchev–Trinajstić information content (AvgIpc) is 2.82. The summed E-state index contributed by atoms with van der Waals surface area (Å²) in [4.78, 5) is 14.5. The zero-order valence-electron chi connectivity index (χ0n) is 13.3. The molecule has 21 heavy (non-hydrogen) atoms. The first-order valence-electron chi connectivity index (χ1n) is 7.83. The quantitative estimate of drug-likeness (QED) is 0.901. The smallest absolute Gasteiger partial charge is 0.241 e. The highest BCUT2D eigenvalue weighted by atomic mass is 19.1. The van der Waals surface area contributed by atoms with Crippen LogP contribution in [-0.4, -0.2) is 22.9 Å². The van der Waals surface area contributed by atoms with Crippen molar-refractivity contribution in [1.29, 1.82) is 0 Å². The Morgan fingerprint density at radius 3 is 2.62 bits per heavy atom. The first kappa shape index (κ1) is 16.0. The lowest BCUT2D eigenvalue weighted by Crippen LogP contribution is -2.41. The third kappa shape index (κ3) is 3.10. The Morgan fingerprint density at radius 1 is 1.33 bits per heavy atom. The molecule has 116 valence electrons. The summed E-state index contributed by atoms with van der Waals surface area (Å²) in [7, 11) is 0. The van der Waals surface area contributed by atoms with Gasteiger partial charge in [0.2, 0.25) is 5.91 Å². The molecular formula is C17H25FN2O. The molecule has 0 bridgehead atoms. The van der Waals surface area contributed by atoms with Crippen molar-refractivity contribution in [3.05, 3.63) is 35.6 Å². The molecule has 1 aliphatic rings. The number of nitrogens with zero attached hydrogens (tertiary/aromatic N) is 1. The molecule has 0 saturated carbocycles. The van der Waals surface area contributed by atoms with Crippen molar-refractivity contribution in [3.8, 4) is 0 Å². The van der Waals surface area contributed by atoms with Crippen molar-refractivity contribution in [1.82, 2.24) is 10.2 Å². The van der Waals surface area contributed by atoms with E-state index >= 15 is 0 Å². The van der Waals surface area contributed by atoms with E-state index in [4.69, 9.17) is 0 Å². The molecule has 1 saturated heterocycles. The van der Waals surface area contributed by atoms with E-state index in [1.54, 1.807) is 6.07 Å². The van der Waals surface area contributed by atoms with Crippen LogP contribution in [0.2, 0.25) is 0 Å². The molecule has 4 atom stereocenters. The molecule has 3 nitrogen and oxygen atoms in total. The van der Waals surface area contributed by atoms with E-state index in [0.29, 0.717) is 5.92 Å². The Balaban J connectivity index is 2.34. The van der Waals surface area contributed by atoms with Crippen LogP contribution in [0.15, 0.2) is 24.3 Å². The maximum atomic E-state index is 13.5. The van der Waals surface area contributed by atoms with Crippen LogP contribution in [0.3, 0.4) is 0 Å². The predicted octanol–water partition coefficient (Wildman–Crippen LogP) is 3.47. The van der Waals surface area contributed by atoms with E-state index in [1.165, 1.54) is 12.1 Å². The molecule has 1 aliphatic heterocycles. The zero-order chi connectivity index (χ0) is 15.6. The van der Waals surface area contributed by atoms with Crippen LogP contribution in [-0.2, 0) is 4.79 Å². The van der Waals surface area contributed by atoms with Gasteiger partial charge in [0, 0.05) is 6.04 Å². The zero-order valence-corrected chi connectivity index (χ0v) is 13.3. The number of nitrogens with one attached hydrogen (secondary N) is 1. The summed E-state index contributed by atoms with van der Waals surface area (Å²) in [5.41, 5.74) is 0.814. The van der Waals surface area contributed by atoms with Crippen molar-refractivity contribution < 1.29 is 9.18 Å². The van der Waals surface area contributed by atoms with Crippen LogP contribution in [0.5, 0.6) is 0 Å². The third-order valence-corrected chi connectivity index (χ3v) is 4.67. The van der Waals surface area contributed by atoms with Crippen molar-refractivity contribution in [2.45, 2.75) is 58.8 Å². The van der Waals surface area contributed by atoms with Crippen LogP contribution >= 0.6 is 0 Å². The van der Waals surface area contributed by atoms with Crippen LogP contribution in [0.4, 0.5) is 4.39 Å². The van der Waals surface area contributed by atoms with Gasteiger partial charge in [-0.05, 0) is 37.0 Å². The summed E-state index contributed by atoms with van der Waals surface area (Å²) in [6.45, 7) is 8.36. The predicted molar refractivity (Wildman–Crippen MR) is 82.1 cm³/mol. The number of hydrogen-bond donors (Lipinski definition) is 1. The van der Waals surface area contributed by atoms with E-state index in [-0.39, 0.29) is 30.0 Å². The highest BCUT2D eigenvalue weighted by molar-refractivity contribution is 5.84. The summed E-state index contributed by atoms with van der Waals surface area (Å²) in [6.07, 6.45) is 1.52. The van der Waals surface area contributed by atoms with Gasteiger partial charge in [0.05, 0.1) is 6.04 Å². The molecule has 0 radical (unpaired) electrons. The number of amides is 1. The van der Waals surface area contributed by atoms with E-state index in [2.05, 4.69) is 26.1 Å². The van der Waals surface area contributed by atoms with Gasteiger partial charge in [-0.2, -0.15) is 0 Å². The van der Waals surface area contributed by atoms with Gasteiger partial charge in [-0.15, -0.1) is 0 Å². The summed E-state index contributed by atoms with van der Waals surface area (Å²) in [6, 6.07) is 6.47. The molecule has 0 aliphatic carbocycles. The Kier molecular flexibility index (Phi) is 4.99. The van der Waals surface area contributed by atoms with Gasteiger partial charge in [-0.3, -0.25) is 10.1 Å². The molecule has 0 spiro atoms. The largest absolute Gasteiger partial charge is 0.319 e. The molecule has 0 aromatic heterocycles. The Morgan fingerprint density at radius 2 is 2.05 bits per heavy atom. The fraction of sp³-hybridized carbons (Fsp3) is 0.588. The number of hydrogen-bond acceptors (Lipinski definition) is 2. The minimum absolute atomic E-state index is 0.125. The van der Waals surface area contributed by atoms with Crippen LogP contribution < -0.4 is 5.32 Å². The molecule has 1 heterocycles. The molecule has 1 fully saturated rings. The second-order valence-electron chi connectivity index (χ2n) is 5.96. The fourth-order valence-corrected chi connectivity index (χ4v) is 2.93. The molecule has 4 unspecified atom stereocenters. The lowest BCUT2D eigenvalue weighted by molar-refractivity contribution is -0.133. The van der Waals surface area contributed by atoms with Gasteiger partial charge >= 0.3 is 0 Å². The number of halogens is 1. The maximum absolute atomic E-state index is 13.5. The SMILES string of the molecule is CCC1NC(c2cccc(F)c2)N(C(C)C(C)CC)C1=O. The van der Waals surface area contributed by atoms with Crippen LogP contribution in [0, 0.1) is 11.7 Å². The minimum Gasteiger partial charge on any atom is -0.319 e. The van der Waals surface area contributed by atoms with E-state index < -0.39 is 0 Å². The molecule has 1 aromatic rings. The summed E-state index contributed by atoms with van der Waals surface area (Å²) in [5.74, 6) is 0.264. The lowest BCUT2D eigenvalue weighted by Gasteiger charge is -2.34. The van der Waals surface area contributed by atoms with Crippen LogP contribution in [0.1, 0.15) is 52.3 Å². The number of benzene rings is 1. The lowest BCUT2D eigenvalue weighted by atomic mass is 9.98. The Hall–Kier alpha value is -1.42. The van der Waals surface area contributed by atoms with Crippen molar-refractivity contribution in [2.75, 3.05) is 0 Å². The summed E-state index contributed by atoms with van der Waals surface area (Å²) in [5, 5.41) is 3.35. The second kappa shape index (κ2) is 6.56. The van der Waals surface area contributed by atoms with Gasteiger partial charge in [0.25, 0.3) is 0 Å². The van der Waals surface area contributed by atoms with Crippen molar-refractivity contribution >= 4 is 5.91 Å². The highest BCUT2D eigenvalue weighted by Gasteiger charge is 2.42. The molecule has 2 rings (SSSR count). The topological polar surface area (TPSA) is 32.3 Å². The summed E-state index contributed by atoms with van der Waals surface area (Å²) < 4.78 is 13.5. The molecule has 1 N–H and O–H groups in total. The second-order valence-corrected chi connectivity index (χ2v) is 5.96. The molecule has 1 amide bonds. The minimum atomic E-state index is -0.266. The first-order chi connectivity index (χ1) is 9.99. The van der Waals surface area contributed by atoms with Gasteiger partial charge in [0.15, 0.2) is 0 Å². The van der Waals surface area contributed by atoms with Gasteiger partial charge in [0.1, 0.15) is 12.0 Å². The Labute approximate surface area is 126 Å². The number of carbonyl (C=O) groups excluding carboxylic acids is 1. The maximum Gasteiger partial charge on any atom is 0.241 e. The van der Waals surface area contributed by atoms with Crippen molar-refractivity contribution in [2.24, 2.45) is 5.92 Å². The average molecular weight is 292 g/mol. The first-order valence-corrected chi connectivity index (χ1v) is 7.83. The van der Waals surface area contributed by atoms with Crippen LogP contribution in [0.25, 0.3) is 0 Å². The summed E-state index contributed by atoms with van der Waals surface area (Å²) >= 11 is 0. The van der Waals surface area contributed by atoms with Gasteiger partial charge < -0.3 is 4.90 Å². The fourth-order valence-electron chi connectivity index (χ4n) is 2.93. The van der Waals surface area contributed by atoms with Gasteiger partial charge in [-0.25, -0.2) is 4.39 Å². The monoisotopic (exact) mass is 292 g/mol. The number of carbonyl (C=O) groups is 1. The highest BCUT2D eigenvalue weighted by Crippen LogP contribution is 2.31. The molecular weight excluding hydrogens is 267 g/mol. The molecule has 4 heteroatoms. The van der Waals surface area contributed by atoms with E-state index in [0.717, 1.165) is 18.4 Å². The van der Waals surface area contributed by atoms with E-state index in [9.17, 15) is 9.18 Å². The van der Waals surface area contributed by atoms with Crippen molar-refractivity contribution in [3.63, 3.8) is 0 Å². The number of rotatable bonds is 5.